The lowest BCUT2D eigenvalue weighted by atomic mass is 9.79. The number of carbonyl (C=O) groups excluding carboxylic acids is 1. The summed E-state index contributed by atoms with van der Waals surface area (Å²) in [6, 6.07) is 9.71. The largest absolute Gasteiger partial charge is 0.390 e. The van der Waals surface area contributed by atoms with Gasteiger partial charge in [-0.2, -0.15) is 0 Å². The number of ether oxygens (including phenoxy) is 2. The van der Waals surface area contributed by atoms with Crippen molar-refractivity contribution in [3.05, 3.63) is 35.9 Å². The summed E-state index contributed by atoms with van der Waals surface area (Å²) < 4.78 is 12.0. The van der Waals surface area contributed by atoms with Crippen LogP contribution in [0.5, 0.6) is 0 Å². The number of aliphatic hydroxyl groups is 1. The lowest BCUT2D eigenvalue weighted by Gasteiger charge is -2.47. The van der Waals surface area contributed by atoms with Crippen LogP contribution >= 0.6 is 0 Å². The van der Waals surface area contributed by atoms with Gasteiger partial charge in [0.25, 0.3) is 0 Å². The highest BCUT2D eigenvalue weighted by Crippen LogP contribution is 2.41. The summed E-state index contributed by atoms with van der Waals surface area (Å²) >= 11 is 0. The molecular formula is C17H23NO4. The molecule has 0 bridgehead atoms. The number of aliphatic hydroxyl groups excluding tert-OH is 1. The number of rotatable bonds is 2. The third kappa shape index (κ3) is 2.33. The van der Waals surface area contributed by atoms with Gasteiger partial charge in [0.2, 0.25) is 5.91 Å². The van der Waals surface area contributed by atoms with Crippen LogP contribution in [-0.2, 0) is 14.3 Å². The molecule has 0 aromatic heterocycles. The van der Waals surface area contributed by atoms with Gasteiger partial charge in [-0.1, -0.05) is 51.1 Å². The van der Waals surface area contributed by atoms with Gasteiger partial charge >= 0.3 is 0 Å². The minimum Gasteiger partial charge on any atom is -0.390 e. The summed E-state index contributed by atoms with van der Waals surface area (Å²) in [5, 5.41) is 13.5. The van der Waals surface area contributed by atoms with Crippen molar-refractivity contribution < 1.29 is 19.4 Å². The number of hydrogen-bond acceptors (Lipinski definition) is 4. The van der Waals surface area contributed by atoms with E-state index in [1.165, 1.54) is 0 Å². The highest BCUT2D eigenvalue weighted by Gasteiger charge is 2.59. The monoisotopic (exact) mass is 305 g/mol. The van der Waals surface area contributed by atoms with E-state index in [0.717, 1.165) is 5.56 Å². The number of hydrogen-bond donors (Lipinski definition) is 2. The SMILES string of the molecule is CC(C)C1O[C@H](c2ccccc2)OC[C@@]12NC(=O)[C@H](C)[C@@H]2O. The Kier molecular flexibility index (Phi) is 3.97. The molecule has 1 spiro atoms. The molecule has 22 heavy (non-hydrogen) atoms. The number of amides is 1. The smallest absolute Gasteiger partial charge is 0.226 e. The second kappa shape index (κ2) is 5.65. The summed E-state index contributed by atoms with van der Waals surface area (Å²) in [7, 11) is 0. The van der Waals surface area contributed by atoms with Crippen molar-refractivity contribution in [2.24, 2.45) is 11.8 Å². The van der Waals surface area contributed by atoms with Crippen molar-refractivity contribution in [1.29, 1.82) is 0 Å². The predicted octanol–water partition coefficient (Wildman–Crippen LogP) is 1.62. The Morgan fingerprint density at radius 3 is 2.55 bits per heavy atom. The standard InChI is InChI=1S/C17H23NO4/c1-10(2)14-17(13(19)11(3)15(20)18-17)9-21-16(22-14)12-7-5-4-6-8-12/h4-8,10-11,13-14,16,19H,9H2,1-3H3,(H,18,20)/t11-,13+,14?,16-,17+/m1/s1. The van der Waals surface area contributed by atoms with E-state index in [-0.39, 0.29) is 24.5 Å². The van der Waals surface area contributed by atoms with Crippen LogP contribution in [0.1, 0.15) is 32.6 Å². The molecule has 2 aliphatic heterocycles. The van der Waals surface area contributed by atoms with E-state index in [4.69, 9.17) is 9.47 Å². The molecule has 2 heterocycles. The molecule has 5 atom stereocenters. The molecule has 5 heteroatoms. The summed E-state index contributed by atoms with van der Waals surface area (Å²) in [6.07, 6.45) is -1.60. The van der Waals surface area contributed by atoms with Gasteiger partial charge in [-0.3, -0.25) is 4.79 Å². The van der Waals surface area contributed by atoms with Crippen LogP contribution in [0.4, 0.5) is 0 Å². The Morgan fingerprint density at radius 2 is 2.00 bits per heavy atom. The van der Waals surface area contributed by atoms with Crippen LogP contribution in [0.15, 0.2) is 30.3 Å². The van der Waals surface area contributed by atoms with Crippen molar-refractivity contribution >= 4 is 5.91 Å². The molecule has 0 aliphatic carbocycles. The highest BCUT2D eigenvalue weighted by molar-refractivity contribution is 5.83. The van der Waals surface area contributed by atoms with Crippen LogP contribution in [0, 0.1) is 11.8 Å². The molecule has 5 nitrogen and oxygen atoms in total. The van der Waals surface area contributed by atoms with E-state index in [1.54, 1.807) is 6.92 Å². The fourth-order valence-electron chi connectivity index (χ4n) is 3.49. The average Bonchev–Trinajstić information content (AvgIpc) is 2.73. The van der Waals surface area contributed by atoms with Crippen molar-refractivity contribution in [1.82, 2.24) is 5.32 Å². The van der Waals surface area contributed by atoms with Crippen LogP contribution in [-0.4, -0.2) is 35.4 Å². The van der Waals surface area contributed by atoms with Crippen molar-refractivity contribution in [2.75, 3.05) is 6.61 Å². The molecule has 2 fully saturated rings. The van der Waals surface area contributed by atoms with E-state index in [0.29, 0.717) is 0 Å². The maximum Gasteiger partial charge on any atom is 0.226 e. The number of carbonyl (C=O) groups is 1. The van der Waals surface area contributed by atoms with Crippen molar-refractivity contribution in [2.45, 2.75) is 44.8 Å². The molecule has 0 radical (unpaired) electrons. The second-order valence-electron chi connectivity index (χ2n) is 6.62. The Balaban J connectivity index is 1.88. The normalized spacial score (nSPS) is 38.5. The van der Waals surface area contributed by atoms with E-state index in [9.17, 15) is 9.90 Å². The highest BCUT2D eigenvalue weighted by atomic mass is 16.7. The van der Waals surface area contributed by atoms with E-state index in [2.05, 4.69) is 5.32 Å². The first-order valence-electron chi connectivity index (χ1n) is 7.78. The van der Waals surface area contributed by atoms with Gasteiger partial charge in [0, 0.05) is 5.56 Å². The third-order valence-corrected chi connectivity index (χ3v) is 4.70. The van der Waals surface area contributed by atoms with E-state index >= 15 is 0 Å². The molecule has 1 aromatic carbocycles. The first-order valence-corrected chi connectivity index (χ1v) is 7.78. The van der Waals surface area contributed by atoms with Gasteiger partial charge in [-0.15, -0.1) is 0 Å². The van der Waals surface area contributed by atoms with Crippen LogP contribution in [0.25, 0.3) is 0 Å². The maximum atomic E-state index is 12.0. The predicted molar refractivity (Wildman–Crippen MR) is 80.9 cm³/mol. The lowest BCUT2D eigenvalue weighted by molar-refractivity contribution is -0.274. The summed E-state index contributed by atoms with van der Waals surface area (Å²) in [5.74, 6) is -0.472. The summed E-state index contributed by atoms with van der Waals surface area (Å²) in [4.78, 5) is 12.0. The van der Waals surface area contributed by atoms with Gasteiger partial charge in [-0.05, 0) is 5.92 Å². The zero-order valence-electron chi connectivity index (χ0n) is 13.2. The first kappa shape index (κ1) is 15.5. The molecule has 2 saturated heterocycles. The Morgan fingerprint density at radius 1 is 1.32 bits per heavy atom. The topological polar surface area (TPSA) is 67.8 Å². The fourth-order valence-corrected chi connectivity index (χ4v) is 3.49. The molecule has 2 N–H and O–H groups in total. The zero-order valence-corrected chi connectivity index (χ0v) is 13.2. The van der Waals surface area contributed by atoms with Crippen molar-refractivity contribution in [3.63, 3.8) is 0 Å². The fraction of sp³-hybridized carbons (Fsp3) is 0.588. The maximum absolute atomic E-state index is 12.0. The summed E-state index contributed by atoms with van der Waals surface area (Å²) in [5.41, 5.74) is 0.0746. The average molecular weight is 305 g/mol. The van der Waals surface area contributed by atoms with Gasteiger partial charge < -0.3 is 19.9 Å². The quantitative estimate of drug-likeness (QED) is 0.871. The first-order chi connectivity index (χ1) is 10.5. The van der Waals surface area contributed by atoms with Crippen molar-refractivity contribution in [3.8, 4) is 0 Å². The minimum absolute atomic E-state index is 0.135. The molecule has 120 valence electrons. The van der Waals surface area contributed by atoms with Gasteiger partial charge in [-0.25, -0.2) is 0 Å². The zero-order chi connectivity index (χ0) is 15.9. The molecular weight excluding hydrogens is 282 g/mol. The molecule has 1 unspecified atom stereocenters. The Bertz CT molecular complexity index is 547. The van der Waals surface area contributed by atoms with Gasteiger partial charge in [0.1, 0.15) is 5.54 Å². The number of nitrogens with one attached hydrogen (secondary N) is 1. The van der Waals surface area contributed by atoms with Crippen LogP contribution < -0.4 is 5.32 Å². The van der Waals surface area contributed by atoms with Gasteiger partial charge in [0.15, 0.2) is 6.29 Å². The molecule has 3 rings (SSSR count). The van der Waals surface area contributed by atoms with E-state index < -0.39 is 23.9 Å². The summed E-state index contributed by atoms with van der Waals surface area (Å²) in [6.45, 7) is 6.03. The van der Waals surface area contributed by atoms with E-state index in [1.807, 2.05) is 44.2 Å². The lowest BCUT2D eigenvalue weighted by Crippen LogP contribution is -2.66. The molecule has 1 amide bonds. The minimum atomic E-state index is -0.865. The van der Waals surface area contributed by atoms with Crippen LogP contribution in [0.2, 0.25) is 0 Å². The molecule has 1 aromatic rings. The second-order valence-corrected chi connectivity index (χ2v) is 6.62. The van der Waals surface area contributed by atoms with Gasteiger partial charge in [0.05, 0.1) is 24.7 Å². The molecule has 2 aliphatic rings. The Hall–Kier alpha value is -1.43. The third-order valence-electron chi connectivity index (χ3n) is 4.70. The van der Waals surface area contributed by atoms with Crippen LogP contribution in [0.3, 0.4) is 0 Å². The Labute approximate surface area is 130 Å². The molecule has 0 saturated carbocycles. The number of benzene rings is 1.